The number of carboxylic acids is 1. The fourth-order valence-corrected chi connectivity index (χ4v) is 2.59. The van der Waals surface area contributed by atoms with Crippen LogP contribution in [0.25, 0.3) is 0 Å². The lowest BCUT2D eigenvalue weighted by Gasteiger charge is -2.23. The van der Waals surface area contributed by atoms with Crippen molar-refractivity contribution in [1.82, 2.24) is 4.98 Å². The standard InChI is InChI=1S/C18H13FN2O3/c1-11-13(4-2-5-14(11)19)16(22)18(8-3-9-21-18)15-7-6-12(10-20-15)17(23)24/h2-10H,1H3,(H,23,24). The van der Waals surface area contributed by atoms with Gasteiger partial charge in [-0.05, 0) is 42.8 Å². The topological polar surface area (TPSA) is 79.6 Å². The predicted molar refractivity (Wildman–Crippen MR) is 86.0 cm³/mol. The summed E-state index contributed by atoms with van der Waals surface area (Å²) in [5.41, 5.74) is -0.669. The van der Waals surface area contributed by atoms with Crippen LogP contribution in [0.1, 0.15) is 32.0 Å². The first-order valence-electron chi connectivity index (χ1n) is 7.18. The second-order valence-corrected chi connectivity index (χ2v) is 5.38. The maximum Gasteiger partial charge on any atom is 0.337 e. The highest BCUT2D eigenvalue weighted by Gasteiger charge is 2.41. The van der Waals surface area contributed by atoms with E-state index >= 15 is 0 Å². The molecule has 1 N–H and O–H groups in total. The van der Waals surface area contributed by atoms with E-state index in [1.165, 1.54) is 49.7 Å². The number of benzene rings is 1. The Morgan fingerprint density at radius 1 is 1.21 bits per heavy atom. The number of pyridine rings is 1. The van der Waals surface area contributed by atoms with Gasteiger partial charge in [0.2, 0.25) is 5.78 Å². The van der Waals surface area contributed by atoms with Gasteiger partial charge in [0.25, 0.3) is 0 Å². The lowest BCUT2D eigenvalue weighted by molar-refractivity contribution is 0.0696. The number of ketones is 1. The minimum Gasteiger partial charge on any atom is -0.478 e. The van der Waals surface area contributed by atoms with E-state index in [9.17, 15) is 14.0 Å². The fourth-order valence-electron chi connectivity index (χ4n) is 2.59. The van der Waals surface area contributed by atoms with E-state index in [1.54, 1.807) is 12.2 Å². The van der Waals surface area contributed by atoms with Crippen LogP contribution in [-0.2, 0) is 5.54 Å². The molecule has 0 saturated heterocycles. The third kappa shape index (κ3) is 2.42. The molecule has 1 aromatic heterocycles. The molecule has 1 aromatic carbocycles. The molecular weight excluding hydrogens is 311 g/mol. The molecule has 1 aliphatic heterocycles. The lowest BCUT2D eigenvalue weighted by Crippen LogP contribution is -2.32. The van der Waals surface area contributed by atoms with Gasteiger partial charge < -0.3 is 5.11 Å². The molecular formula is C18H13FN2O3. The first kappa shape index (κ1) is 15.7. The molecule has 0 bridgehead atoms. The number of hydrogen-bond donors (Lipinski definition) is 1. The zero-order chi connectivity index (χ0) is 17.3. The Labute approximate surface area is 137 Å². The van der Waals surface area contributed by atoms with Crippen molar-refractivity contribution in [3.8, 4) is 0 Å². The fraction of sp³-hybridized carbons (Fsp3) is 0.111. The molecule has 120 valence electrons. The Morgan fingerprint density at radius 2 is 2.00 bits per heavy atom. The number of hydrogen-bond acceptors (Lipinski definition) is 4. The van der Waals surface area contributed by atoms with Crippen molar-refractivity contribution in [3.63, 3.8) is 0 Å². The molecule has 5 nitrogen and oxygen atoms in total. The summed E-state index contributed by atoms with van der Waals surface area (Å²) in [6, 6.07) is 7.09. The second-order valence-electron chi connectivity index (χ2n) is 5.38. The number of carbonyl (C=O) groups excluding carboxylic acids is 1. The second kappa shape index (κ2) is 5.81. The number of allylic oxidation sites excluding steroid dienone is 1. The van der Waals surface area contributed by atoms with E-state index in [1.807, 2.05) is 0 Å². The van der Waals surface area contributed by atoms with E-state index in [2.05, 4.69) is 9.98 Å². The van der Waals surface area contributed by atoms with Crippen molar-refractivity contribution < 1.29 is 19.1 Å². The van der Waals surface area contributed by atoms with Crippen molar-refractivity contribution >= 4 is 18.0 Å². The third-order valence-corrected chi connectivity index (χ3v) is 3.96. The zero-order valence-corrected chi connectivity index (χ0v) is 12.7. The highest BCUT2D eigenvalue weighted by Crippen LogP contribution is 2.34. The number of aromatic nitrogens is 1. The van der Waals surface area contributed by atoms with Crippen LogP contribution < -0.4 is 0 Å². The Bertz CT molecular complexity index is 874. The molecule has 1 aliphatic rings. The molecule has 0 fully saturated rings. The van der Waals surface area contributed by atoms with E-state index in [-0.39, 0.29) is 22.4 Å². The maximum atomic E-state index is 13.8. The molecule has 2 heterocycles. The van der Waals surface area contributed by atoms with Crippen LogP contribution in [0.5, 0.6) is 0 Å². The summed E-state index contributed by atoms with van der Waals surface area (Å²) in [7, 11) is 0. The van der Waals surface area contributed by atoms with Gasteiger partial charge in [0.05, 0.1) is 11.3 Å². The van der Waals surface area contributed by atoms with Gasteiger partial charge >= 0.3 is 5.97 Å². The Hall–Kier alpha value is -3.15. The van der Waals surface area contributed by atoms with E-state index in [0.717, 1.165) is 0 Å². The first-order valence-corrected chi connectivity index (χ1v) is 7.18. The van der Waals surface area contributed by atoms with Gasteiger partial charge in [0, 0.05) is 18.0 Å². The largest absolute Gasteiger partial charge is 0.478 e. The predicted octanol–water partition coefficient (Wildman–Crippen LogP) is 2.95. The number of carboxylic acid groups (broad SMARTS) is 1. The van der Waals surface area contributed by atoms with Gasteiger partial charge in [-0.2, -0.15) is 0 Å². The van der Waals surface area contributed by atoms with Crippen molar-refractivity contribution in [3.05, 3.63) is 76.9 Å². The molecule has 6 heteroatoms. The van der Waals surface area contributed by atoms with Crippen LogP contribution in [0, 0.1) is 12.7 Å². The summed E-state index contributed by atoms with van der Waals surface area (Å²) in [5, 5.41) is 8.97. The van der Waals surface area contributed by atoms with E-state index in [4.69, 9.17) is 5.11 Å². The summed E-state index contributed by atoms with van der Waals surface area (Å²) >= 11 is 0. The van der Waals surface area contributed by atoms with E-state index in [0.29, 0.717) is 0 Å². The van der Waals surface area contributed by atoms with Gasteiger partial charge in [0.1, 0.15) is 5.82 Å². The molecule has 0 saturated carbocycles. The van der Waals surface area contributed by atoms with Gasteiger partial charge in [-0.3, -0.25) is 14.8 Å². The number of Topliss-reactive ketones (excluding diaryl/α,β-unsaturated/α-hetero) is 1. The van der Waals surface area contributed by atoms with Crippen molar-refractivity contribution in [1.29, 1.82) is 0 Å². The average molecular weight is 324 g/mol. The van der Waals surface area contributed by atoms with Gasteiger partial charge in [0.15, 0.2) is 5.54 Å². The highest BCUT2D eigenvalue weighted by molar-refractivity contribution is 6.08. The summed E-state index contributed by atoms with van der Waals surface area (Å²) < 4.78 is 13.8. The van der Waals surface area contributed by atoms with Gasteiger partial charge in [-0.1, -0.05) is 12.1 Å². The smallest absolute Gasteiger partial charge is 0.337 e. The molecule has 0 spiro atoms. The lowest BCUT2D eigenvalue weighted by atomic mass is 9.85. The number of aromatic carboxylic acids is 1. The third-order valence-electron chi connectivity index (χ3n) is 3.96. The van der Waals surface area contributed by atoms with Crippen molar-refractivity contribution in [2.24, 2.45) is 4.99 Å². The minimum atomic E-state index is -1.41. The Balaban J connectivity index is 2.11. The Morgan fingerprint density at radius 3 is 2.58 bits per heavy atom. The van der Waals surface area contributed by atoms with Crippen LogP contribution >= 0.6 is 0 Å². The summed E-state index contributed by atoms with van der Waals surface area (Å²) in [6.45, 7) is 1.53. The van der Waals surface area contributed by atoms with Crippen molar-refractivity contribution in [2.75, 3.05) is 0 Å². The Kier molecular flexibility index (Phi) is 3.81. The number of halogens is 1. The molecule has 1 unspecified atom stereocenters. The van der Waals surface area contributed by atoms with Crippen molar-refractivity contribution in [2.45, 2.75) is 12.5 Å². The number of rotatable bonds is 4. The van der Waals surface area contributed by atoms with E-state index < -0.39 is 23.1 Å². The molecule has 0 radical (unpaired) electrons. The monoisotopic (exact) mass is 324 g/mol. The minimum absolute atomic E-state index is 0.00856. The van der Waals surface area contributed by atoms with Crippen LogP contribution in [0.15, 0.2) is 53.7 Å². The highest BCUT2D eigenvalue weighted by atomic mass is 19.1. The van der Waals surface area contributed by atoms with Crippen LogP contribution in [0.4, 0.5) is 4.39 Å². The number of nitrogens with zero attached hydrogens (tertiary/aromatic N) is 2. The molecule has 0 amide bonds. The maximum absolute atomic E-state index is 13.8. The molecule has 3 rings (SSSR count). The van der Waals surface area contributed by atoms with Gasteiger partial charge in [-0.15, -0.1) is 0 Å². The number of aliphatic imine (C=N–C) groups is 1. The number of carbonyl (C=O) groups is 2. The molecule has 1 atom stereocenters. The average Bonchev–Trinajstić information content (AvgIpc) is 3.08. The summed E-state index contributed by atoms with van der Waals surface area (Å²) in [6.07, 6.45) is 5.83. The van der Waals surface area contributed by atoms with Gasteiger partial charge in [-0.25, -0.2) is 9.18 Å². The normalized spacial score (nSPS) is 18.8. The molecule has 24 heavy (non-hydrogen) atoms. The summed E-state index contributed by atoms with van der Waals surface area (Å²) in [4.78, 5) is 32.4. The van der Waals surface area contributed by atoms with Crippen LogP contribution in [-0.4, -0.2) is 28.1 Å². The van der Waals surface area contributed by atoms with Crippen LogP contribution in [0.2, 0.25) is 0 Å². The molecule has 0 aliphatic carbocycles. The SMILES string of the molecule is Cc1c(F)cccc1C(=O)C1(c2ccc(C(=O)O)cn2)C=CC=N1. The van der Waals surface area contributed by atoms with Crippen LogP contribution in [0.3, 0.4) is 0 Å². The molecule has 2 aromatic rings. The first-order chi connectivity index (χ1) is 11.5. The quantitative estimate of drug-likeness (QED) is 0.877. The zero-order valence-electron chi connectivity index (χ0n) is 12.7. The summed E-state index contributed by atoms with van der Waals surface area (Å²) in [5.74, 6) is -2.00.